The van der Waals surface area contributed by atoms with Gasteiger partial charge >= 0.3 is 0 Å². The molecule has 0 aliphatic carbocycles. The van der Waals surface area contributed by atoms with E-state index in [-0.39, 0.29) is 0 Å². The molecule has 1 aliphatic rings. The SMILES string of the molecule is Clc1ccccc1-c1noc(CN2CCNCC2)n1. The highest BCUT2D eigenvalue weighted by molar-refractivity contribution is 6.33. The lowest BCUT2D eigenvalue weighted by Crippen LogP contribution is -2.42. The van der Waals surface area contributed by atoms with Gasteiger partial charge in [-0.25, -0.2) is 0 Å². The smallest absolute Gasteiger partial charge is 0.241 e. The Morgan fingerprint density at radius 1 is 1.26 bits per heavy atom. The van der Waals surface area contributed by atoms with Gasteiger partial charge in [0, 0.05) is 31.7 Å². The first kappa shape index (κ1) is 12.6. The molecular weight excluding hydrogens is 264 g/mol. The molecule has 1 aliphatic heterocycles. The molecule has 0 bridgehead atoms. The summed E-state index contributed by atoms with van der Waals surface area (Å²) in [5.74, 6) is 1.19. The van der Waals surface area contributed by atoms with Crippen LogP contribution in [-0.4, -0.2) is 41.2 Å². The van der Waals surface area contributed by atoms with Crippen molar-refractivity contribution in [3.8, 4) is 11.4 Å². The average Bonchev–Trinajstić information content (AvgIpc) is 2.89. The van der Waals surface area contributed by atoms with E-state index in [9.17, 15) is 0 Å². The Morgan fingerprint density at radius 2 is 2.05 bits per heavy atom. The molecule has 0 unspecified atom stereocenters. The fourth-order valence-corrected chi connectivity index (χ4v) is 2.35. The van der Waals surface area contributed by atoms with Gasteiger partial charge in [0.15, 0.2) is 0 Å². The molecule has 0 saturated carbocycles. The molecule has 1 aromatic heterocycles. The Hall–Kier alpha value is -1.43. The van der Waals surface area contributed by atoms with Crippen LogP contribution in [0.3, 0.4) is 0 Å². The standard InChI is InChI=1S/C13H15ClN4O/c14-11-4-2-1-3-10(11)13-16-12(19-17-13)9-18-7-5-15-6-8-18/h1-4,15H,5-9H2. The van der Waals surface area contributed by atoms with Crippen LogP contribution in [0, 0.1) is 0 Å². The number of piperazine rings is 1. The number of hydrogen-bond donors (Lipinski definition) is 1. The first-order valence-electron chi connectivity index (χ1n) is 6.33. The quantitative estimate of drug-likeness (QED) is 0.928. The van der Waals surface area contributed by atoms with Crippen LogP contribution in [0.15, 0.2) is 28.8 Å². The predicted molar refractivity (Wildman–Crippen MR) is 72.9 cm³/mol. The molecule has 1 fully saturated rings. The Balaban J connectivity index is 1.74. The molecule has 0 radical (unpaired) electrons. The van der Waals surface area contributed by atoms with Crippen molar-refractivity contribution in [2.24, 2.45) is 0 Å². The monoisotopic (exact) mass is 278 g/mol. The molecule has 1 aromatic carbocycles. The molecular formula is C13H15ClN4O. The van der Waals surface area contributed by atoms with Crippen LogP contribution in [0.2, 0.25) is 5.02 Å². The highest BCUT2D eigenvalue weighted by Crippen LogP contribution is 2.25. The van der Waals surface area contributed by atoms with E-state index in [2.05, 4.69) is 20.4 Å². The van der Waals surface area contributed by atoms with Crippen LogP contribution in [0.5, 0.6) is 0 Å². The molecule has 19 heavy (non-hydrogen) atoms. The van der Waals surface area contributed by atoms with Crippen LogP contribution < -0.4 is 5.32 Å². The molecule has 100 valence electrons. The van der Waals surface area contributed by atoms with Gasteiger partial charge in [-0.1, -0.05) is 28.9 Å². The summed E-state index contributed by atoms with van der Waals surface area (Å²) in [4.78, 5) is 6.70. The summed E-state index contributed by atoms with van der Waals surface area (Å²) < 4.78 is 5.29. The highest BCUT2D eigenvalue weighted by Gasteiger charge is 2.15. The lowest BCUT2D eigenvalue weighted by molar-refractivity contribution is 0.203. The third-order valence-corrected chi connectivity index (χ3v) is 3.48. The predicted octanol–water partition coefficient (Wildman–Crippen LogP) is 1.80. The van der Waals surface area contributed by atoms with Gasteiger partial charge < -0.3 is 9.84 Å². The molecule has 1 N–H and O–H groups in total. The highest BCUT2D eigenvalue weighted by atomic mass is 35.5. The van der Waals surface area contributed by atoms with Crippen molar-refractivity contribution in [2.75, 3.05) is 26.2 Å². The molecule has 0 amide bonds. The number of halogens is 1. The molecule has 1 saturated heterocycles. The molecule has 6 heteroatoms. The van der Waals surface area contributed by atoms with E-state index in [0.717, 1.165) is 31.7 Å². The minimum atomic E-state index is 0.552. The van der Waals surface area contributed by atoms with Gasteiger partial charge in [-0.2, -0.15) is 4.98 Å². The summed E-state index contributed by atoms with van der Waals surface area (Å²) in [6, 6.07) is 7.51. The minimum Gasteiger partial charge on any atom is -0.338 e. The summed E-state index contributed by atoms with van der Waals surface area (Å²) >= 11 is 6.12. The average molecular weight is 279 g/mol. The van der Waals surface area contributed by atoms with Crippen molar-refractivity contribution in [1.29, 1.82) is 0 Å². The number of rotatable bonds is 3. The van der Waals surface area contributed by atoms with Crippen LogP contribution >= 0.6 is 11.6 Å². The number of aromatic nitrogens is 2. The summed E-state index contributed by atoms with van der Waals surface area (Å²) in [6.45, 7) is 4.71. The van der Waals surface area contributed by atoms with E-state index >= 15 is 0 Å². The second-order valence-corrected chi connectivity index (χ2v) is 4.92. The normalized spacial score (nSPS) is 16.7. The Morgan fingerprint density at radius 3 is 2.84 bits per heavy atom. The molecule has 2 aromatic rings. The summed E-state index contributed by atoms with van der Waals surface area (Å²) in [6.07, 6.45) is 0. The third-order valence-electron chi connectivity index (χ3n) is 3.15. The summed E-state index contributed by atoms with van der Waals surface area (Å²) in [7, 11) is 0. The van der Waals surface area contributed by atoms with Gasteiger partial charge in [0.05, 0.1) is 11.6 Å². The van der Waals surface area contributed by atoms with E-state index in [1.54, 1.807) is 0 Å². The molecule has 5 nitrogen and oxygen atoms in total. The van der Waals surface area contributed by atoms with Crippen LogP contribution in [0.25, 0.3) is 11.4 Å². The third kappa shape index (κ3) is 2.94. The maximum atomic E-state index is 6.12. The first-order chi connectivity index (χ1) is 9.33. The Kier molecular flexibility index (Phi) is 3.77. The fourth-order valence-electron chi connectivity index (χ4n) is 2.13. The lowest BCUT2D eigenvalue weighted by Gasteiger charge is -2.25. The van der Waals surface area contributed by atoms with Crippen molar-refractivity contribution in [3.63, 3.8) is 0 Å². The summed E-state index contributed by atoms with van der Waals surface area (Å²) in [5.41, 5.74) is 0.805. The van der Waals surface area contributed by atoms with E-state index in [0.29, 0.717) is 23.3 Å². The zero-order valence-corrected chi connectivity index (χ0v) is 11.2. The zero-order valence-electron chi connectivity index (χ0n) is 10.5. The maximum absolute atomic E-state index is 6.12. The minimum absolute atomic E-state index is 0.552. The largest absolute Gasteiger partial charge is 0.338 e. The van der Waals surface area contributed by atoms with Gasteiger partial charge in [0.25, 0.3) is 0 Å². The second kappa shape index (κ2) is 5.69. The van der Waals surface area contributed by atoms with Crippen LogP contribution in [-0.2, 0) is 6.54 Å². The lowest BCUT2D eigenvalue weighted by atomic mass is 10.2. The van der Waals surface area contributed by atoms with Gasteiger partial charge in [0.2, 0.25) is 11.7 Å². The fraction of sp³-hybridized carbons (Fsp3) is 0.385. The maximum Gasteiger partial charge on any atom is 0.241 e. The van der Waals surface area contributed by atoms with E-state index in [4.69, 9.17) is 16.1 Å². The van der Waals surface area contributed by atoms with Crippen molar-refractivity contribution in [3.05, 3.63) is 35.2 Å². The molecule has 0 atom stereocenters. The van der Waals surface area contributed by atoms with E-state index < -0.39 is 0 Å². The van der Waals surface area contributed by atoms with Crippen LogP contribution in [0.4, 0.5) is 0 Å². The number of benzene rings is 1. The summed E-state index contributed by atoms with van der Waals surface area (Å²) in [5, 5.41) is 7.95. The molecule has 2 heterocycles. The number of nitrogens with zero attached hydrogens (tertiary/aromatic N) is 3. The Labute approximate surface area is 116 Å². The number of nitrogens with one attached hydrogen (secondary N) is 1. The van der Waals surface area contributed by atoms with Crippen molar-refractivity contribution >= 4 is 11.6 Å². The van der Waals surface area contributed by atoms with E-state index in [1.165, 1.54) is 0 Å². The van der Waals surface area contributed by atoms with Crippen LogP contribution in [0.1, 0.15) is 5.89 Å². The van der Waals surface area contributed by atoms with Gasteiger partial charge in [-0.3, -0.25) is 4.90 Å². The molecule has 3 rings (SSSR count). The Bertz CT molecular complexity index is 551. The second-order valence-electron chi connectivity index (χ2n) is 4.52. The zero-order chi connectivity index (χ0) is 13.1. The number of hydrogen-bond acceptors (Lipinski definition) is 5. The van der Waals surface area contributed by atoms with Gasteiger partial charge in [-0.15, -0.1) is 0 Å². The first-order valence-corrected chi connectivity index (χ1v) is 6.71. The van der Waals surface area contributed by atoms with Crippen molar-refractivity contribution in [2.45, 2.75) is 6.54 Å². The topological polar surface area (TPSA) is 54.2 Å². The van der Waals surface area contributed by atoms with Gasteiger partial charge in [0.1, 0.15) is 0 Å². The van der Waals surface area contributed by atoms with Crippen molar-refractivity contribution in [1.82, 2.24) is 20.4 Å². The van der Waals surface area contributed by atoms with Crippen molar-refractivity contribution < 1.29 is 4.52 Å². The molecule has 0 spiro atoms. The van der Waals surface area contributed by atoms with E-state index in [1.807, 2.05) is 24.3 Å². The van der Waals surface area contributed by atoms with Gasteiger partial charge in [-0.05, 0) is 12.1 Å².